The highest BCUT2D eigenvalue weighted by Crippen LogP contribution is 2.26. The van der Waals surface area contributed by atoms with Crippen LogP contribution in [0.25, 0.3) is 0 Å². The highest BCUT2D eigenvalue weighted by Gasteiger charge is 2.30. The summed E-state index contributed by atoms with van der Waals surface area (Å²) in [7, 11) is 1.65. The van der Waals surface area contributed by atoms with Gasteiger partial charge in [0.15, 0.2) is 0 Å². The zero-order chi connectivity index (χ0) is 14.7. The Morgan fingerprint density at radius 3 is 2.95 bits per heavy atom. The standard InChI is InChI=1S/C12H17N5O3/c1-3-9-12(18)14-4-5-16(9)11-7-8(17(19)20)6-10(13-2)15-11/h6-7,9H,3-5H2,1-2H3,(H,13,15)(H,14,18). The van der Waals surface area contributed by atoms with E-state index in [0.717, 1.165) is 0 Å². The molecule has 0 aromatic carbocycles. The van der Waals surface area contributed by atoms with E-state index in [1.165, 1.54) is 12.1 Å². The van der Waals surface area contributed by atoms with Gasteiger partial charge in [-0.15, -0.1) is 0 Å². The number of anilines is 2. The van der Waals surface area contributed by atoms with E-state index in [2.05, 4.69) is 15.6 Å². The predicted octanol–water partition coefficient (Wildman–Crippen LogP) is 0.746. The van der Waals surface area contributed by atoms with E-state index >= 15 is 0 Å². The first kappa shape index (κ1) is 14.0. The molecule has 108 valence electrons. The van der Waals surface area contributed by atoms with Crippen molar-refractivity contribution in [2.24, 2.45) is 0 Å². The van der Waals surface area contributed by atoms with Crippen LogP contribution in [0.1, 0.15) is 13.3 Å². The third-order valence-electron chi connectivity index (χ3n) is 3.28. The lowest BCUT2D eigenvalue weighted by molar-refractivity contribution is -0.384. The molecule has 2 rings (SSSR count). The topological polar surface area (TPSA) is 100 Å². The summed E-state index contributed by atoms with van der Waals surface area (Å²) < 4.78 is 0. The molecule has 1 atom stereocenters. The molecule has 0 radical (unpaired) electrons. The van der Waals surface area contributed by atoms with Crippen LogP contribution < -0.4 is 15.5 Å². The van der Waals surface area contributed by atoms with Gasteiger partial charge >= 0.3 is 0 Å². The molecule has 0 spiro atoms. The van der Waals surface area contributed by atoms with Crippen LogP contribution in [0.15, 0.2) is 12.1 Å². The van der Waals surface area contributed by atoms with E-state index in [9.17, 15) is 14.9 Å². The van der Waals surface area contributed by atoms with Crippen molar-refractivity contribution < 1.29 is 9.72 Å². The molecule has 0 aliphatic carbocycles. The average Bonchev–Trinajstić information content (AvgIpc) is 2.46. The number of piperazine rings is 1. The van der Waals surface area contributed by atoms with Crippen LogP contribution in [0, 0.1) is 10.1 Å². The lowest BCUT2D eigenvalue weighted by atomic mass is 10.1. The molecule has 1 aromatic rings. The minimum absolute atomic E-state index is 0.0415. The second-order valence-corrected chi connectivity index (χ2v) is 4.48. The van der Waals surface area contributed by atoms with Crippen LogP contribution >= 0.6 is 0 Å². The summed E-state index contributed by atoms with van der Waals surface area (Å²) in [5.74, 6) is 0.790. The maximum absolute atomic E-state index is 11.9. The first-order valence-electron chi connectivity index (χ1n) is 6.45. The largest absolute Gasteiger partial charge is 0.373 e. The number of rotatable bonds is 4. The van der Waals surface area contributed by atoms with Crippen LogP contribution in [0.5, 0.6) is 0 Å². The van der Waals surface area contributed by atoms with Crippen LogP contribution in [0.2, 0.25) is 0 Å². The molecule has 8 nitrogen and oxygen atoms in total. The number of hydrogen-bond donors (Lipinski definition) is 2. The van der Waals surface area contributed by atoms with Crippen molar-refractivity contribution in [2.45, 2.75) is 19.4 Å². The molecule has 8 heteroatoms. The maximum atomic E-state index is 11.9. The smallest absolute Gasteiger partial charge is 0.276 e. The van der Waals surface area contributed by atoms with E-state index in [1.54, 1.807) is 7.05 Å². The molecule has 1 aliphatic rings. The molecule has 1 unspecified atom stereocenters. The molecule has 1 aliphatic heterocycles. The molecular weight excluding hydrogens is 262 g/mol. The lowest BCUT2D eigenvalue weighted by Crippen LogP contribution is -2.55. The Bertz CT molecular complexity index is 534. The van der Waals surface area contributed by atoms with E-state index < -0.39 is 4.92 Å². The SMILES string of the molecule is CCC1C(=O)NCCN1c1cc([N+](=O)[O-])cc(NC)n1. The molecule has 1 amide bonds. The van der Waals surface area contributed by atoms with E-state index in [0.29, 0.717) is 31.1 Å². The first-order valence-corrected chi connectivity index (χ1v) is 6.45. The van der Waals surface area contributed by atoms with Crippen molar-refractivity contribution in [3.05, 3.63) is 22.2 Å². The molecule has 20 heavy (non-hydrogen) atoms. The fourth-order valence-electron chi connectivity index (χ4n) is 2.28. The Kier molecular flexibility index (Phi) is 4.02. The molecule has 0 bridgehead atoms. The number of aromatic nitrogens is 1. The number of carbonyl (C=O) groups excluding carboxylic acids is 1. The quantitative estimate of drug-likeness (QED) is 0.623. The van der Waals surface area contributed by atoms with E-state index in [1.807, 2.05) is 11.8 Å². The first-order chi connectivity index (χ1) is 9.56. The van der Waals surface area contributed by atoms with Crippen LogP contribution in [-0.2, 0) is 4.79 Å². The number of nitro groups is 1. The summed E-state index contributed by atoms with van der Waals surface area (Å²) in [6, 6.07) is 2.43. The monoisotopic (exact) mass is 279 g/mol. The Hall–Kier alpha value is -2.38. The fraction of sp³-hybridized carbons (Fsp3) is 0.500. The van der Waals surface area contributed by atoms with Crippen LogP contribution in [0.3, 0.4) is 0 Å². The lowest BCUT2D eigenvalue weighted by Gasteiger charge is -2.35. The molecule has 2 N–H and O–H groups in total. The van der Waals surface area contributed by atoms with E-state index in [4.69, 9.17) is 0 Å². The minimum Gasteiger partial charge on any atom is -0.373 e. The van der Waals surface area contributed by atoms with Gasteiger partial charge in [0.1, 0.15) is 17.7 Å². The third-order valence-corrected chi connectivity index (χ3v) is 3.28. The zero-order valence-corrected chi connectivity index (χ0v) is 11.4. The predicted molar refractivity (Wildman–Crippen MR) is 74.9 cm³/mol. The number of carbonyl (C=O) groups is 1. The van der Waals surface area contributed by atoms with Gasteiger partial charge in [0, 0.05) is 20.1 Å². The average molecular weight is 279 g/mol. The second kappa shape index (κ2) is 5.72. The molecule has 1 aromatic heterocycles. The van der Waals surface area contributed by atoms with Crippen molar-refractivity contribution in [3.8, 4) is 0 Å². The molecule has 1 saturated heterocycles. The minimum atomic E-state index is -0.461. The number of amides is 1. The second-order valence-electron chi connectivity index (χ2n) is 4.48. The fourth-order valence-corrected chi connectivity index (χ4v) is 2.28. The molecule has 1 fully saturated rings. The van der Waals surface area contributed by atoms with Gasteiger partial charge in [-0.2, -0.15) is 0 Å². The molecule has 0 saturated carbocycles. The summed E-state index contributed by atoms with van der Waals surface area (Å²) >= 11 is 0. The maximum Gasteiger partial charge on any atom is 0.276 e. The van der Waals surface area contributed by atoms with Crippen molar-refractivity contribution in [1.29, 1.82) is 0 Å². The van der Waals surface area contributed by atoms with Gasteiger partial charge in [0.05, 0.1) is 17.1 Å². The van der Waals surface area contributed by atoms with Crippen LogP contribution in [0.4, 0.5) is 17.3 Å². The molecular formula is C12H17N5O3. The Balaban J connectivity index is 2.42. The summed E-state index contributed by atoms with van der Waals surface area (Å²) in [5.41, 5.74) is -0.0415. The number of pyridine rings is 1. The normalized spacial score (nSPS) is 18.6. The Labute approximate surface area is 116 Å². The highest BCUT2D eigenvalue weighted by atomic mass is 16.6. The third kappa shape index (κ3) is 2.63. The number of nitrogens with one attached hydrogen (secondary N) is 2. The van der Waals surface area contributed by atoms with Crippen molar-refractivity contribution in [3.63, 3.8) is 0 Å². The van der Waals surface area contributed by atoms with Crippen molar-refractivity contribution in [1.82, 2.24) is 10.3 Å². The van der Waals surface area contributed by atoms with Gasteiger partial charge < -0.3 is 15.5 Å². The highest BCUT2D eigenvalue weighted by molar-refractivity contribution is 5.86. The molecule has 2 heterocycles. The van der Waals surface area contributed by atoms with Gasteiger partial charge in [-0.3, -0.25) is 14.9 Å². The van der Waals surface area contributed by atoms with Gasteiger partial charge in [-0.25, -0.2) is 4.98 Å². The summed E-state index contributed by atoms with van der Waals surface area (Å²) in [6.45, 7) is 3.00. The Morgan fingerprint density at radius 1 is 1.60 bits per heavy atom. The van der Waals surface area contributed by atoms with E-state index in [-0.39, 0.29) is 17.6 Å². The number of nitrogens with zero attached hydrogens (tertiary/aromatic N) is 3. The van der Waals surface area contributed by atoms with Gasteiger partial charge in [-0.05, 0) is 6.42 Å². The summed E-state index contributed by atoms with van der Waals surface area (Å²) in [6.07, 6.45) is 0.616. The van der Waals surface area contributed by atoms with Crippen molar-refractivity contribution in [2.75, 3.05) is 30.4 Å². The Morgan fingerprint density at radius 2 is 2.35 bits per heavy atom. The van der Waals surface area contributed by atoms with Gasteiger partial charge in [-0.1, -0.05) is 6.92 Å². The van der Waals surface area contributed by atoms with Crippen molar-refractivity contribution >= 4 is 23.2 Å². The van der Waals surface area contributed by atoms with Crippen LogP contribution in [-0.4, -0.2) is 42.0 Å². The summed E-state index contributed by atoms with van der Waals surface area (Å²) in [5, 5.41) is 16.6. The zero-order valence-electron chi connectivity index (χ0n) is 11.4. The van der Waals surface area contributed by atoms with Gasteiger partial charge in [0.25, 0.3) is 5.69 Å². The summed E-state index contributed by atoms with van der Waals surface area (Å²) in [4.78, 5) is 28.5. The number of hydrogen-bond acceptors (Lipinski definition) is 6. The van der Waals surface area contributed by atoms with Gasteiger partial charge in [0.2, 0.25) is 5.91 Å².